The maximum Gasteiger partial charge on any atom is 0.326 e. The van der Waals surface area contributed by atoms with E-state index in [2.05, 4.69) is 0 Å². The van der Waals surface area contributed by atoms with Crippen LogP contribution in [0.25, 0.3) is 0 Å². The molecule has 1 N–H and O–H groups in total. The Hall–Kier alpha value is -1.85. The van der Waals surface area contributed by atoms with Gasteiger partial charge in [0.25, 0.3) is 5.91 Å². The van der Waals surface area contributed by atoms with Crippen LogP contribution in [0.5, 0.6) is 0 Å². The zero-order valence-corrected chi connectivity index (χ0v) is 10.8. The van der Waals surface area contributed by atoms with Gasteiger partial charge in [-0.2, -0.15) is 0 Å². The molecule has 1 unspecified atom stereocenters. The molecule has 100 valence electrons. The third-order valence-electron chi connectivity index (χ3n) is 3.05. The van der Waals surface area contributed by atoms with E-state index in [0.717, 1.165) is 0 Å². The van der Waals surface area contributed by atoms with E-state index >= 15 is 0 Å². The lowest BCUT2D eigenvalue weighted by molar-refractivity contribution is -0.142. The van der Waals surface area contributed by atoms with Gasteiger partial charge in [-0.25, -0.2) is 4.79 Å². The van der Waals surface area contributed by atoms with Crippen LogP contribution in [0.1, 0.15) is 19.8 Å². The maximum absolute atomic E-state index is 11.9. The Balaban J connectivity index is 3.15. The number of allylic oxidation sites excluding steroid dienone is 1. The maximum atomic E-state index is 11.9. The van der Waals surface area contributed by atoms with Crippen LogP contribution >= 0.6 is 0 Å². The highest BCUT2D eigenvalue weighted by Crippen LogP contribution is 2.24. The molecule has 6 nitrogen and oxygen atoms in total. The van der Waals surface area contributed by atoms with Crippen molar-refractivity contribution in [1.82, 2.24) is 9.80 Å². The van der Waals surface area contributed by atoms with E-state index in [4.69, 9.17) is 5.11 Å². The number of hydrogen-bond acceptors (Lipinski definition) is 4. The van der Waals surface area contributed by atoms with Crippen LogP contribution in [0, 0.1) is 0 Å². The summed E-state index contributed by atoms with van der Waals surface area (Å²) in [5.41, 5.74) is 0.601. The summed E-state index contributed by atoms with van der Waals surface area (Å²) in [5, 5.41) is 9.01. The molecule has 1 heterocycles. The second-order valence-corrected chi connectivity index (χ2v) is 4.49. The van der Waals surface area contributed by atoms with Gasteiger partial charge >= 0.3 is 5.97 Å². The standard InChI is InChI=1S/C12H18N2O4/c1-8(12(17)18)14-6-4-5-9(10(14)7-15)11(16)13(2)3/h7-8H,4-6H2,1-3H3,(H,17,18). The summed E-state index contributed by atoms with van der Waals surface area (Å²) in [6, 6.07) is -0.810. The molecule has 6 heteroatoms. The minimum absolute atomic E-state index is 0.204. The van der Waals surface area contributed by atoms with E-state index in [-0.39, 0.29) is 11.6 Å². The van der Waals surface area contributed by atoms with Crippen molar-refractivity contribution in [3.63, 3.8) is 0 Å². The highest BCUT2D eigenvalue weighted by molar-refractivity contribution is 5.99. The third-order valence-corrected chi connectivity index (χ3v) is 3.05. The van der Waals surface area contributed by atoms with Gasteiger partial charge in [0.2, 0.25) is 0 Å². The predicted molar refractivity (Wildman–Crippen MR) is 64.8 cm³/mol. The summed E-state index contributed by atoms with van der Waals surface area (Å²) >= 11 is 0. The monoisotopic (exact) mass is 254 g/mol. The van der Waals surface area contributed by atoms with Crippen LogP contribution in [0.15, 0.2) is 11.3 Å². The van der Waals surface area contributed by atoms with Crippen LogP contribution in [-0.4, -0.2) is 59.8 Å². The number of carbonyl (C=O) groups excluding carboxylic acids is 2. The first-order chi connectivity index (χ1) is 8.40. The van der Waals surface area contributed by atoms with E-state index in [1.807, 2.05) is 0 Å². The summed E-state index contributed by atoms with van der Waals surface area (Å²) in [7, 11) is 3.22. The molecule has 1 rings (SSSR count). The number of carbonyl (C=O) groups is 3. The summed E-state index contributed by atoms with van der Waals surface area (Å²) in [6.45, 7) is 1.99. The first kappa shape index (κ1) is 14.2. The molecule has 1 aliphatic heterocycles. The van der Waals surface area contributed by atoms with Crippen LogP contribution in [-0.2, 0) is 14.4 Å². The number of amides is 1. The first-order valence-electron chi connectivity index (χ1n) is 5.79. The van der Waals surface area contributed by atoms with Crippen molar-refractivity contribution in [2.24, 2.45) is 0 Å². The van der Waals surface area contributed by atoms with Crippen LogP contribution < -0.4 is 0 Å². The van der Waals surface area contributed by atoms with Crippen molar-refractivity contribution in [3.8, 4) is 0 Å². The number of carboxylic acid groups (broad SMARTS) is 1. The molecular formula is C12H18N2O4. The Bertz CT molecular complexity index is 401. The highest BCUT2D eigenvalue weighted by Gasteiger charge is 2.30. The Labute approximate surface area is 106 Å². The fourth-order valence-electron chi connectivity index (χ4n) is 2.01. The van der Waals surface area contributed by atoms with E-state index in [1.54, 1.807) is 14.1 Å². The molecule has 0 fully saturated rings. The van der Waals surface area contributed by atoms with Gasteiger partial charge < -0.3 is 14.9 Å². The van der Waals surface area contributed by atoms with Gasteiger partial charge in [0.1, 0.15) is 6.04 Å². The van der Waals surface area contributed by atoms with Gasteiger partial charge in [0.05, 0.1) is 5.70 Å². The number of aliphatic carboxylic acids is 1. The molecule has 0 aliphatic carbocycles. The molecule has 0 aromatic rings. The van der Waals surface area contributed by atoms with Gasteiger partial charge in [0.15, 0.2) is 6.29 Å². The SMILES string of the molecule is CC(C(=O)O)N1CCCC(C(=O)N(C)C)=C1C=O. The molecule has 0 radical (unpaired) electrons. The molecule has 0 aromatic heterocycles. The van der Waals surface area contributed by atoms with Gasteiger partial charge in [-0.05, 0) is 19.8 Å². The van der Waals surface area contributed by atoms with Crippen molar-refractivity contribution in [3.05, 3.63) is 11.3 Å². The fourth-order valence-corrected chi connectivity index (χ4v) is 2.01. The van der Waals surface area contributed by atoms with Crippen molar-refractivity contribution in [1.29, 1.82) is 0 Å². The minimum Gasteiger partial charge on any atom is -0.480 e. The highest BCUT2D eigenvalue weighted by atomic mass is 16.4. The van der Waals surface area contributed by atoms with Crippen molar-refractivity contribution in [2.75, 3.05) is 20.6 Å². The Morgan fingerprint density at radius 1 is 1.44 bits per heavy atom. The molecule has 1 atom stereocenters. The lowest BCUT2D eigenvalue weighted by Crippen LogP contribution is -2.43. The summed E-state index contributed by atoms with van der Waals surface area (Å²) in [4.78, 5) is 37.0. The zero-order chi connectivity index (χ0) is 13.9. The summed E-state index contributed by atoms with van der Waals surface area (Å²) in [5.74, 6) is -1.24. The van der Waals surface area contributed by atoms with Gasteiger partial charge in [0, 0.05) is 26.2 Å². The van der Waals surface area contributed by atoms with Gasteiger partial charge in [-0.3, -0.25) is 9.59 Å². The largest absolute Gasteiger partial charge is 0.480 e. The van der Waals surface area contributed by atoms with Gasteiger partial charge in [-0.15, -0.1) is 0 Å². The average Bonchev–Trinajstić information content (AvgIpc) is 2.35. The van der Waals surface area contributed by atoms with Crippen LogP contribution in [0.2, 0.25) is 0 Å². The molecule has 0 spiro atoms. The molecule has 0 saturated heterocycles. The van der Waals surface area contributed by atoms with Crippen LogP contribution in [0.4, 0.5) is 0 Å². The quantitative estimate of drug-likeness (QED) is 0.720. The first-order valence-corrected chi connectivity index (χ1v) is 5.79. The predicted octanol–water partition coefficient (Wildman–Crippen LogP) is 0.0965. The molecular weight excluding hydrogens is 236 g/mol. The molecule has 1 aliphatic rings. The number of rotatable bonds is 4. The fraction of sp³-hybridized carbons (Fsp3) is 0.583. The molecule has 0 bridgehead atoms. The lowest BCUT2D eigenvalue weighted by atomic mass is 10.00. The van der Waals surface area contributed by atoms with E-state index in [9.17, 15) is 14.4 Å². The topological polar surface area (TPSA) is 77.9 Å². The minimum atomic E-state index is -1.01. The Morgan fingerprint density at radius 2 is 2.06 bits per heavy atom. The average molecular weight is 254 g/mol. The lowest BCUT2D eigenvalue weighted by Gasteiger charge is -2.34. The number of aldehydes is 1. The second kappa shape index (κ2) is 5.66. The van der Waals surface area contributed by atoms with Crippen molar-refractivity contribution >= 4 is 18.2 Å². The van der Waals surface area contributed by atoms with Crippen molar-refractivity contribution < 1.29 is 19.5 Å². The smallest absolute Gasteiger partial charge is 0.326 e. The summed E-state index contributed by atoms with van der Waals surface area (Å²) in [6.07, 6.45) is 1.76. The van der Waals surface area contributed by atoms with E-state index in [0.29, 0.717) is 31.2 Å². The normalized spacial score (nSPS) is 17.4. The molecule has 18 heavy (non-hydrogen) atoms. The number of carboxylic acids is 1. The Kier molecular flexibility index (Phi) is 4.47. The zero-order valence-electron chi connectivity index (χ0n) is 10.8. The molecule has 1 amide bonds. The Morgan fingerprint density at radius 3 is 2.50 bits per heavy atom. The number of nitrogens with zero attached hydrogens (tertiary/aromatic N) is 2. The summed E-state index contributed by atoms with van der Waals surface area (Å²) < 4.78 is 0. The second-order valence-electron chi connectivity index (χ2n) is 4.49. The van der Waals surface area contributed by atoms with Crippen molar-refractivity contribution in [2.45, 2.75) is 25.8 Å². The molecule has 0 saturated carbocycles. The molecule has 0 aromatic carbocycles. The van der Waals surface area contributed by atoms with Crippen LogP contribution in [0.3, 0.4) is 0 Å². The number of likely N-dealkylation sites (N-methyl/N-ethyl adjacent to an activating group) is 1. The third kappa shape index (κ3) is 2.69. The number of hydrogen-bond donors (Lipinski definition) is 1. The van der Waals surface area contributed by atoms with E-state index < -0.39 is 12.0 Å². The van der Waals surface area contributed by atoms with Gasteiger partial charge in [-0.1, -0.05) is 0 Å². The van der Waals surface area contributed by atoms with E-state index in [1.165, 1.54) is 16.7 Å².